The second-order valence-corrected chi connectivity index (χ2v) is 2.69. The van der Waals surface area contributed by atoms with Crippen LogP contribution in [0.15, 0.2) is 6.07 Å². The number of carbonyl (C=O) groups is 1. The summed E-state index contributed by atoms with van der Waals surface area (Å²) in [6.45, 7) is 3.30. The zero-order chi connectivity index (χ0) is 10.0. The lowest BCUT2D eigenvalue weighted by Gasteiger charge is -2.03. The first-order valence-corrected chi connectivity index (χ1v) is 3.68. The van der Waals surface area contributed by atoms with Crippen LogP contribution in [0.4, 0.5) is 0 Å². The molecule has 1 aromatic heterocycles. The SMILES string of the molecule is Cc1cc(C#N)c(C(=O)O)c(C)n1. The van der Waals surface area contributed by atoms with Crippen molar-refractivity contribution in [3.63, 3.8) is 0 Å². The molecule has 0 atom stereocenters. The fourth-order valence-electron chi connectivity index (χ4n) is 1.19. The largest absolute Gasteiger partial charge is 0.478 e. The number of aromatic nitrogens is 1. The van der Waals surface area contributed by atoms with E-state index in [0.717, 1.165) is 0 Å². The zero-order valence-electron chi connectivity index (χ0n) is 7.33. The molecule has 1 heterocycles. The van der Waals surface area contributed by atoms with E-state index in [1.54, 1.807) is 13.8 Å². The van der Waals surface area contributed by atoms with Gasteiger partial charge in [0.1, 0.15) is 6.07 Å². The monoisotopic (exact) mass is 176 g/mol. The molecule has 4 nitrogen and oxygen atoms in total. The van der Waals surface area contributed by atoms with E-state index < -0.39 is 5.97 Å². The van der Waals surface area contributed by atoms with Gasteiger partial charge in [-0.25, -0.2) is 4.79 Å². The molecule has 1 aromatic rings. The molecule has 4 heteroatoms. The minimum Gasteiger partial charge on any atom is -0.478 e. The summed E-state index contributed by atoms with van der Waals surface area (Å²) < 4.78 is 0. The summed E-state index contributed by atoms with van der Waals surface area (Å²) in [5, 5.41) is 17.5. The summed E-state index contributed by atoms with van der Waals surface area (Å²) in [5.74, 6) is -1.11. The van der Waals surface area contributed by atoms with Gasteiger partial charge in [0.05, 0.1) is 16.8 Å². The fraction of sp³-hybridized carbons (Fsp3) is 0.222. The quantitative estimate of drug-likeness (QED) is 0.699. The van der Waals surface area contributed by atoms with Crippen LogP contribution in [0.25, 0.3) is 0 Å². The highest BCUT2D eigenvalue weighted by Gasteiger charge is 2.14. The molecule has 0 spiro atoms. The number of hydrogen-bond donors (Lipinski definition) is 1. The molecular formula is C9H8N2O2. The van der Waals surface area contributed by atoms with Gasteiger partial charge in [-0.3, -0.25) is 4.98 Å². The number of aromatic carboxylic acids is 1. The van der Waals surface area contributed by atoms with Crippen molar-refractivity contribution in [2.24, 2.45) is 0 Å². The van der Waals surface area contributed by atoms with Crippen molar-refractivity contribution >= 4 is 5.97 Å². The summed E-state index contributed by atoms with van der Waals surface area (Å²) in [4.78, 5) is 14.7. The molecule has 0 saturated carbocycles. The summed E-state index contributed by atoms with van der Waals surface area (Å²) in [7, 11) is 0. The Hall–Kier alpha value is -1.89. The lowest BCUT2D eigenvalue weighted by atomic mass is 10.1. The number of nitrogens with zero attached hydrogens (tertiary/aromatic N) is 2. The van der Waals surface area contributed by atoms with Gasteiger partial charge < -0.3 is 5.11 Å². The number of pyridine rings is 1. The van der Waals surface area contributed by atoms with Crippen molar-refractivity contribution in [1.29, 1.82) is 5.26 Å². The highest BCUT2D eigenvalue weighted by molar-refractivity contribution is 5.91. The van der Waals surface area contributed by atoms with Crippen molar-refractivity contribution in [2.75, 3.05) is 0 Å². The van der Waals surface area contributed by atoms with Gasteiger partial charge in [-0.1, -0.05) is 0 Å². The van der Waals surface area contributed by atoms with Crippen molar-refractivity contribution in [1.82, 2.24) is 4.98 Å². The number of rotatable bonds is 1. The van der Waals surface area contributed by atoms with Crippen LogP contribution >= 0.6 is 0 Å². The molecule has 13 heavy (non-hydrogen) atoms. The topological polar surface area (TPSA) is 74.0 Å². The van der Waals surface area contributed by atoms with Crippen LogP contribution in [-0.4, -0.2) is 16.1 Å². The first-order chi connectivity index (χ1) is 6.06. The fourth-order valence-corrected chi connectivity index (χ4v) is 1.19. The summed E-state index contributed by atoms with van der Waals surface area (Å²) in [6, 6.07) is 3.31. The van der Waals surface area contributed by atoms with E-state index >= 15 is 0 Å². The van der Waals surface area contributed by atoms with E-state index in [2.05, 4.69) is 4.98 Å². The Balaban J connectivity index is 3.50. The van der Waals surface area contributed by atoms with E-state index in [4.69, 9.17) is 10.4 Å². The zero-order valence-corrected chi connectivity index (χ0v) is 7.33. The smallest absolute Gasteiger partial charge is 0.338 e. The van der Waals surface area contributed by atoms with Gasteiger partial charge >= 0.3 is 5.97 Å². The first-order valence-electron chi connectivity index (χ1n) is 3.68. The Morgan fingerprint density at radius 3 is 2.69 bits per heavy atom. The van der Waals surface area contributed by atoms with Gasteiger partial charge in [-0.15, -0.1) is 0 Å². The standard InChI is InChI=1S/C9H8N2O2/c1-5-3-7(4-10)8(9(12)13)6(2)11-5/h3H,1-2H3,(H,12,13). The molecule has 0 aliphatic heterocycles. The maximum absolute atomic E-state index is 10.7. The molecule has 1 N–H and O–H groups in total. The van der Waals surface area contributed by atoms with Gasteiger partial charge in [-0.05, 0) is 19.9 Å². The molecule has 66 valence electrons. The van der Waals surface area contributed by atoms with Crippen LogP contribution in [0.2, 0.25) is 0 Å². The normalized spacial score (nSPS) is 9.31. The first kappa shape index (κ1) is 9.20. The molecule has 0 radical (unpaired) electrons. The Labute approximate surface area is 75.5 Å². The third kappa shape index (κ3) is 1.64. The number of carboxylic acids is 1. The highest BCUT2D eigenvalue weighted by Crippen LogP contribution is 2.12. The van der Waals surface area contributed by atoms with Crippen molar-refractivity contribution in [3.05, 3.63) is 28.6 Å². The van der Waals surface area contributed by atoms with Gasteiger partial charge in [0.2, 0.25) is 0 Å². The van der Waals surface area contributed by atoms with Crippen LogP contribution in [0.3, 0.4) is 0 Å². The van der Waals surface area contributed by atoms with E-state index in [1.165, 1.54) is 6.07 Å². The Morgan fingerprint density at radius 2 is 2.23 bits per heavy atom. The van der Waals surface area contributed by atoms with Crippen molar-refractivity contribution < 1.29 is 9.90 Å². The summed E-state index contributed by atoms with van der Waals surface area (Å²) in [6.07, 6.45) is 0. The molecule has 0 saturated heterocycles. The predicted molar refractivity (Wildman–Crippen MR) is 45.4 cm³/mol. The lowest BCUT2D eigenvalue weighted by molar-refractivity contribution is 0.0695. The Kier molecular flexibility index (Phi) is 2.29. The second kappa shape index (κ2) is 3.23. The molecule has 0 aliphatic rings. The van der Waals surface area contributed by atoms with Crippen LogP contribution in [0.5, 0.6) is 0 Å². The molecular weight excluding hydrogens is 168 g/mol. The van der Waals surface area contributed by atoms with Gasteiger partial charge in [-0.2, -0.15) is 5.26 Å². The van der Waals surface area contributed by atoms with Crippen molar-refractivity contribution in [2.45, 2.75) is 13.8 Å². The highest BCUT2D eigenvalue weighted by atomic mass is 16.4. The minimum atomic E-state index is -1.11. The van der Waals surface area contributed by atoms with Crippen LogP contribution < -0.4 is 0 Å². The average Bonchev–Trinajstić information content (AvgIpc) is 2.01. The van der Waals surface area contributed by atoms with Crippen LogP contribution in [-0.2, 0) is 0 Å². The second-order valence-electron chi connectivity index (χ2n) is 2.69. The third-order valence-corrected chi connectivity index (χ3v) is 1.66. The maximum Gasteiger partial charge on any atom is 0.338 e. The maximum atomic E-state index is 10.7. The molecule has 0 bridgehead atoms. The Bertz CT molecular complexity index is 405. The lowest BCUT2D eigenvalue weighted by Crippen LogP contribution is -2.06. The van der Waals surface area contributed by atoms with Crippen LogP contribution in [0, 0.1) is 25.2 Å². The number of carboxylic acid groups (broad SMARTS) is 1. The molecule has 0 amide bonds. The molecule has 0 unspecified atom stereocenters. The number of hydrogen-bond acceptors (Lipinski definition) is 3. The van der Waals surface area contributed by atoms with Gasteiger partial charge in [0.15, 0.2) is 0 Å². The van der Waals surface area contributed by atoms with Crippen molar-refractivity contribution in [3.8, 4) is 6.07 Å². The molecule has 0 aromatic carbocycles. The average molecular weight is 176 g/mol. The van der Waals surface area contributed by atoms with E-state index in [1.807, 2.05) is 6.07 Å². The number of aryl methyl sites for hydroxylation is 2. The van der Waals surface area contributed by atoms with Gasteiger partial charge in [0, 0.05) is 5.69 Å². The van der Waals surface area contributed by atoms with Crippen LogP contribution in [0.1, 0.15) is 27.3 Å². The number of nitriles is 1. The van der Waals surface area contributed by atoms with E-state index in [9.17, 15) is 4.79 Å². The summed E-state index contributed by atoms with van der Waals surface area (Å²) >= 11 is 0. The third-order valence-electron chi connectivity index (χ3n) is 1.66. The Morgan fingerprint density at radius 1 is 1.62 bits per heavy atom. The summed E-state index contributed by atoms with van der Waals surface area (Å²) in [5.41, 5.74) is 1.19. The van der Waals surface area contributed by atoms with Gasteiger partial charge in [0.25, 0.3) is 0 Å². The molecule has 0 aliphatic carbocycles. The predicted octanol–water partition coefficient (Wildman–Crippen LogP) is 1.27. The molecule has 0 fully saturated rings. The molecule has 1 rings (SSSR count). The van der Waals surface area contributed by atoms with E-state index in [-0.39, 0.29) is 11.1 Å². The van der Waals surface area contributed by atoms with E-state index in [0.29, 0.717) is 11.4 Å². The minimum absolute atomic E-state index is 0.00639.